The highest BCUT2D eigenvalue weighted by molar-refractivity contribution is 6.27. The lowest BCUT2D eigenvalue weighted by atomic mass is 10.6. The van der Waals surface area contributed by atoms with Gasteiger partial charge in [-0.1, -0.05) is 0 Å². The van der Waals surface area contributed by atoms with Gasteiger partial charge in [0.1, 0.15) is 5.88 Å². The van der Waals surface area contributed by atoms with E-state index in [0.29, 0.717) is 38.9 Å². The third-order valence-electron chi connectivity index (χ3n) is 1.76. The Morgan fingerprint density at radius 2 is 1.59 bits per heavy atom. The van der Waals surface area contributed by atoms with Crippen molar-refractivity contribution in [3.05, 3.63) is 0 Å². The van der Waals surface area contributed by atoms with Crippen LogP contribution in [0.15, 0.2) is 0 Å². The van der Waals surface area contributed by atoms with Crippen LogP contribution < -0.4 is 10.6 Å². The Hall–Kier alpha value is -0.0700. The molecule has 17 heavy (non-hydrogen) atoms. The smallest absolute Gasteiger partial charge is 0.235 e. The molecule has 0 bridgehead atoms. The first-order chi connectivity index (χ1) is 8.31. The number of nitrogens with one attached hydrogen (secondary N) is 2. The summed E-state index contributed by atoms with van der Waals surface area (Å²) in [6.07, 6.45) is 0. The van der Waals surface area contributed by atoms with Crippen molar-refractivity contribution in [3.63, 3.8) is 0 Å². The first-order valence-electron chi connectivity index (χ1n) is 5.56. The fourth-order valence-corrected chi connectivity index (χ4v) is 1.20. The summed E-state index contributed by atoms with van der Waals surface area (Å²) < 4.78 is 10.5. The molecule has 0 rings (SSSR count). The summed E-state index contributed by atoms with van der Waals surface area (Å²) in [5.41, 5.74) is 0. The normalized spacial score (nSPS) is 10.5. The minimum atomic E-state index is -0.183. The summed E-state index contributed by atoms with van der Waals surface area (Å²) in [4.78, 5) is 10.7. The van der Waals surface area contributed by atoms with E-state index in [9.17, 15) is 4.79 Å². The highest BCUT2D eigenvalue weighted by Crippen LogP contribution is 1.79. The van der Waals surface area contributed by atoms with Crippen molar-refractivity contribution in [2.24, 2.45) is 0 Å². The third kappa shape index (κ3) is 13.9. The molecule has 1 amide bonds. The molecule has 7 heteroatoms. The Labute approximate surface area is 112 Å². The van der Waals surface area contributed by atoms with Gasteiger partial charge in [0.05, 0.1) is 26.4 Å². The number of rotatable bonds is 12. The molecule has 0 aromatic heterocycles. The van der Waals surface area contributed by atoms with E-state index in [2.05, 4.69) is 10.6 Å². The zero-order chi connectivity index (χ0) is 12.8. The van der Waals surface area contributed by atoms with E-state index >= 15 is 0 Å². The van der Waals surface area contributed by atoms with Crippen LogP contribution in [0, 0.1) is 0 Å². The molecule has 0 saturated carbocycles. The maximum atomic E-state index is 10.7. The van der Waals surface area contributed by atoms with E-state index < -0.39 is 0 Å². The van der Waals surface area contributed by atoms with Gasteiger partial charge in [-0.25, -0.2) is 0 Å². The van der Waals surface area contributed by atoms with Gasteiger partial charge in [0.2, 0.25) is 5.91 Å². The van der Waals surface area contributed by atoms with Gasteiger partial charge in [-0.2, -0.15) is 0 Å². The average molecular weight is 287 g/mol. The van der Waals surface area contributed by atoms with Gasteiger partial charge in [-0.3, -0.25) is 4.79 Å². The largest absolute Gasteiger partial charge is 0.378 e. The van der Waals surface area contributed by atoms with E-state index in [1.54, 1.807) is 0 Å². The molecule has 0 radical (unpaired) electrons. The molecule has 0 aromatic rings. The number of ether oxygens (including phenoxy) is 2. The van der Waals surface area contributed by atoms with Crippen LogP contribution in [-0.4, -0.2) is 63.7 Å². The summed E-state index contributed by atoms with van der Waals surface area (Å²) in [5.74, 6) is 0.409. The molecule has 102 valence electrons. The van der Waals surface area contributed by atoms with Gasteiger partial charge in [-0.15, -0.1) is 23.2 Å². The molecule has 0 aliphatic carbocycles. The van der Waals surface area contributed by atoms with Crippen LogP contribution >= 0.6 is 23.2 Å². The lowest BCUT2D eigenvalue weighted by Crippen LogP contribution is -2.28. The quantitative estimate of drug-likeness (QED) is 0.398. The number of hydrogen-bond donors (Lipinski definition) is 2. The lowest BCUT2D eigenvalue weighted by molar-refractivity contribution is -0.118. The summed E-state index contributed by atoms with van der Waals surface area (Å²) >= 11 is 10.8. The van der Waals surface area contributed by atoms with Crippen molar-refractivity contribution in [2.45, 2.75) is 0 Å². The summed E-state index contributed by atoms with van der Waals surface area (Å²) in [6, 6.07) is 0. The van der Waals surface area contributed by atoms with Crippen molar-refractivity contribution in [1.29, 1.82) is 0 Å². The van der Waals surface area contributed by atoms with Crippen molar-refractivity contribution in [1.82, 2.24) is 10.6 Å². The Bertz CT molecular complexity index is 185. The maximum Gasteiger partial charge on any atom is 0.235 e. The first kappa shape index (κ1) is 16.9. The third-order valence-corrected chi connectivity index (χ3v) is 2.19. The van der Waals surface area contributed by atoms with Crippen molar-refractivity contribution in [3.8, 4) is 0 Å². The summed E-state index contributed by atoms with van der Waals surface area (Å²) in [6.45, 7) is 4.24. The predicted molar refractivity (Wildman–Crippen MR) is 69.0 cm³/mol. The highest BCUT2D eigenvalue weighted by atomic mass is 35.5. The van der Waals surface area contributed by atoms with Gasteiger partial charge in [0.25, 0.3) is 0 Å². The summed E-state index contributed by atoms with van der Waals surface area (Å²) in [7, 11) is 0. The minimum Gasteiger partial charge on any atom is -0.378 e. The zero-order valence-electron chi connectivity index (χ0n) is 9.84. The molecule has 0 unspecified atom stereocenters. The monoisotopic (exact) mass is 286 g/mol. The van der Waals surface area contributed by atoms with Crippen LogP contribution in [0.3, 0.4) is 0 Å². The number of carbonyl (C=O) groups is 1. The van der Waals surface area contributed by atoms with Crippen LogP contribution in [0.25, 0.3) is 0 Å². The van der Waals surface area contributed by atoms with Crippen LogP contribution in [0.5, 0.6) is 0 Å². The molecule has 0 saturated heterocycles. The Kier molecular flexibility index (Phi) is 13.9. The van der Waals surface area contributed by atoms with Gasteiger partial charge in [-0.05, 0) is 0 Å². The number of halogens is 2. The second-order valence-electron chi connectivity index (χ2n) is 3.15. The van der Waals surface area contributed by atoms with Crippen LogP contribution in [0.4, 0.5) is 0 Å². The molecule has 0 aliphatic rings. The fraction of sp³-hybridized carbons (Fsp3) is 0.900. The Morgan fingerprint density at radius 3 is 2.18 bits per heavy atom. The highest BCUT2D eigenvalue weighted by Gasteiger charge is 1.96. The molecule has 0 heterocycles. The second-order valence-corrected chi connectivity index (χ2v) is 3.79. The predicted octanol–water partition coefficient (Wildman–Crippen LogP) is 0.203. The van der Waals surface area contributed by atoms with E-state index in [-0.39, 0.29) is 11.8 Å². The SMILES string of the molecule is O=C(CCl)NCCOCCOCCNCCCl. The standard InChI is InChI=1S/C10H20Cl2N2O3/c11-1-2-13-3-5-16-7-8-17-6-4-14-10(15)9-12/h13H,1-9H2,(H,14,15). The molecule has 0 spiro atoms. The van der Waals surface area contributed by atoms with Gasteiger partial charge < -0.3 is 20.1 Å². The maximum absolute atomic E-state index is 10.7. The van der Waals surface area contributed by atoms with E-state index in [0.717, 1.165) is 13.1 Å². The fourth-order valence-electron chi connectivity index (χ4n) is 0.968. The average Bonchev–Trinajstić information content (AvgIpc) is 2.35. The van der Waals surface area contributed by atoms with Crippen molar-refractivity contribution >= 4 is 29.1 Å². The van der Waals surface area contributed by atoms with E-state index in [1.165, 1.54) is 0 Å². The van der Waals surface area contributed by atoms with Gasteiger partial charge in [0.15, 0.2) is 0 Å². The van der Waals surface area contributed by atoms with Gasteiger partial charge >= 0.3 is 0 Å². The van der Waals surface area contributed by atoms with E-state index in [1.807, 2.05) is 0 Å². The Balaban J connectivity index is 2.96. The zero-order valence-corrected chi connectivity index (χ0v) is 11.4. The Morgan fingerprint density at radius 1 is 0.941 bits per heavy atom. The second kappa shape index (κ2) is 14.0. The molecule has 0 atom stereocenters. The van der Waals surface area contributed by atoms with Crippen molar-refractivity contribution in [2.75, 3.05) is 57.8 Å². The van der Waals surface area contributed by atoms with Crippen LogP contribution in [0.2, 0.25) is 0 Å². The van der Waals surface area contributed by atoms with E-state index in [4.69, 9.17) is 32.7 Å². The van der Waals surface area contributed by atoms with Gasteiger partial charge in [0, 0.05) is 25.5 Å². The molecule has 2 N–H and O–H groups in total. The molecule has 0 aromatic carbocycles. The number of amides is 1. The number of alkyl halides is 2. The summed E-state index contributed by atoms with van der Waals surface area (Å²) in [5, 5.41) is 5.71. The first-order valence-corrected chi connectivity index (χ1v) is 6.63. The molecular formula is C10H20Cl2N2O3. The number of carbonyl (C=O) groups excluding carboxylic acids is 1. The van der Waals surface area contributed by atoms with Crippen LogP contribution in [0.1, 0.15) is 0 Å². The van der Waals surface area contributed by atoms with Crippen molar-refractivity contribution < 1.29 is 14.3 Å². The minimum absolute atomic E-state index is 0.0155. The lowest BCUT2D eigenvalue weighted by Gasteiger charge is -2.06. The molecule has 0 fully saturated rings. The molecule has 5 nitrogen and oxygen atoms in total. The number of hydrogen-bond acceptors (Lipinski definition) is 4. The topological polar surface area (TPSA) is 59.6 Å². The molecule has 0 aliphatic heterocycles. The molecular weight excluding hydrogens is 267 g/mol. The van der Waals surface area contributed by atoms with Crippen LogP contribution in [-0.2, 0) is 14.3 Å².